The molecule has 0 radical (unpaired) electrons. The van der Waals surface area contributed by atoms with Crippen molar-refractivity contribution >= 4 is 0 Å². The first kappa shape index (κ1) is 12.6. The van der Waals surface area contributed by atoms with E-state index in [1.54, 1.807) is 0 Å². The number of hydrogen-bond acceptors (Lipinski definition) is 1. The van der Waals surface area contributed by atoms with Crippen molar-refractivity contribution in [1.29, 1.82) is 0 Å². The average molecular weight is 231 g/mol. The van der Waals surface area contributed by atoms with Gasteiger partial charge in [-0.05, 0) is 42.7 Å². The van der Waals surface area contributed by atoms with E-state index in [0.717, 1.165) is 12.5 Å². The van der Waals surface area contributed by atoms with Crippen molar-refractivity contribution in [2.24, 2.45) is 11.8 Å². The van der Waals surface area contributed by atoms with Crippen LogP contribution in [0.2, 0.25) is 0 Å². The Morgan fingerprint density at radius 2 is 1.88 bits per heavy atom. The SMILES string of the molecule is CC(C)C(CNCC1CCC1)c1ccccc1. The van der Waals surface area contributed by atoms with Crippen LogP contribution in [-0.4, -0.2) is 13.1 Å². The predicted octanol–water partition coefficient (Wildman–Crippen LogP) is 3.82. The molecule has 1 unspecified atom stereocenters. The Hall–Kier alpha value is -0.820. The van der Waals surface area contributed by atoms with E-state index in [1.165, 1.54) is 31.4 Å². The average Bonchev–Trinajstić information content (AvgIpc) is 2.27. The van der Waals surface area contributed by atoms with E-state index < -0.39 is 0 Å². The number of nitrogens with one attached hydrogen (secondary N) is 1. The number of benzene rings is 1. The molecule has 1 nitrogen and oxygen atoms in total. The number of hydrogen-bond donors (Lipinski definition) is 1. The van der Waals surface area contributed by atoms with E-state index in [2.05, 4.69) is 49.5 Å². The predicted molar refractivity (Wildman–Crippen MR) is 74.2 cm³/mol. The molecule has 2 rings (SSSR count). The van der Waals surface area contributed by atoms with Crippen LogP contribution in [0.1, 0.15) is 44.6 Å². The summed E-state index contributed by atoms with van der Waals surface area (Å²) in [7, 11) is 0. The zero-order chi connectivity index (χ0) is 12.1. The summed E-state index contributed by atoms with van der Waals surface area (Å²) in [4.78, 5) is 0. The largest absolute Gasteiger partial charge is 0.316 e. The van der Waals surface area contributed by atoms with Crippen molar-refractivity contribution in [2.45, 2.75) is 39.0 Å². The highest BCUT2D eigenvalue weighted by molar-refractivity contribution is 5.20. The van der Waals surface area contributed by atoms with Gasteiger partial charge in [-0.15, -0.1) is 0 Å². The lowest BCUT2D eigenvalue weighted by atomic mass is 9.84. The molecule has 0 spiro atoms. The van der Waals surface area contributed by atoms with E-state index in [0.29, 0.717) is 11.8 Å². The highest BCUT2D eigenvalue weighted by Crippen LogP contribution is 2.26. The molecule has 1 aromatic rings. The molecule has 1 saturated carbocycles. The van der Waals surface area contributed by atoms with Crippen LogP contribution in [0.4, 0.5) is 0 Å². The van der Waals surface area contributed by atoms with E-state index in [4.69, 9.17) is 0 Å². The van der Waals surface area contributed by atoms with Gasteiger partial charge in [0.1, 0.15) is 0 Å². The third kappa shape index (κ3) is 3.57. The van der Waals surface area contributed by atoms with Gasteiger partial charge in [-0.3, -0.25) is 0 Å². The molecule has 1 fully saturated rings. The molecule has 0 heterocycles. The Labute approximate surface area is 106 Å². The van der Waals surface area contributed by atoms with Gasteiger partial charge in [0.15, 0.2) is 0 Å². The molecule has 94 valence electrons. The van der Waals surface area contributed by atoms with Crippen LogP contribution in [0.25, 0.3) is 0 Å². The smallest absolute Gasteiger partial charge is 0.00227 e. The molecule has 0 aliphatic heterocycles. The maximum absolute atomic E-state index is 3.67. The van der Waals surface area contributed by atoms with Gasteiger partial charge in [-0.2, -0.15) is 0 Å². The molecule has 1 heteroatoms. The van der Waals surface area contributed by atoms with Crippen LogP contribution in [0, 0.1) is 11.8 Å². The second-order valence-corrected chi connectivity index (χ2v) is 5.72. The lowest BCUT2D eigenvalue weighted by Crippen LogP contribution is -2.31. The standard InChI is InChI=1S/C16H25N/c1-13(2)16(15-9-4-3-5-10-15)12-17-11-14-7-6-8-14/h3-5,9-10,13-14,16-17H,6-8,11-12H2,1-2H3. The fourth-order valence-electron chi connectivity index (χ4n) is 2.58. The molecule has 0 amide bonds. The summed E-state index contributed by atoms with van der Waals surface area (Å²) in [6, 6.07) is 10.9. The van der Waals surface area contributed by atoms with E-state index in [-0.39, 0.29) is 0 Å². The third-order valence-corrected chi connectivity index (χ3v) is 4.05. The van der Waals surface area contributed by atoms with Crippen molar-refractivity contribution in [3.8, 4) is 0 Å². The van der Waals surface area contributed by atoms with Gasteiger partial charge in [0.05, 0.1) is 0 Å². The highest BCUT2D eigenvalue weighted by atomic mass is 14.9. The molecule has 1 N–H and O–H groups in total. The van der Waals surface area contributed by atoms with Crippen LogP contribution in [0.5, 0.6) is 0 Å². The van der Waals surface area contributed by atoms with Crippen LogP contribution in [0.15, 0.2) is 30.3 Å². The molecule has 17 heavy (non-hydrogen) atoms. The van der Waals surface area contributed by atoms with E-state index >= 15 is 0 Å². The first-order valence-electron chi connectivity index (χ1n) is 7.03. The first-order chi connectivity index (χ1) is 8.27. The van der Waals surface area contributed by atoms with Crippen LogP contribution >= 0.6 is 0 Å². The summed E-state index contributed by atoms with van der Waals surface area (Å²) >= 11 is 0. The van der Waals surface area contributed by atoms with Gasteiger partial charge in [0, 0.05) is 6.54 Å². The summed E-state index contributed by atoms with van der Waals surface area (Å²) in [5.41, 5.74) is 1.48. The lowest BCUT2D eigenvalue weighted by molar-refractivity contribution is 0.295. The minimum absolute atomic E-state index is 0.649. The number of rotatable bonds is 6. The van der Waals surface area contributed by atoms with Gasteiger partial charge < -0.3 is 5.32 Å². The van der Waals surface area contributed by atoms with Crippen LogP contribution in [-0.2, 0) is 0 Å². The fraction of sp³-hybridized carbons (Fsp3) is 0.625. The van der Waals surface area contributed by atoms with Crippen molar-refractivity contribution in [3.05, 3.63) is 35.9 Å². The summed E-state index contributed by atoms with van der Waals surface area (Å²) in [6.45, 7) is 6.99. The maximum Gasteiger partial charge on any atom is 0.00227 e. The van der Waals surface area contributed by atoms with Crippen LogP contribution in [0.3, 0.4) is 0 Å². The zero-order valence-corrected chi connectivity index (χ0v) is 11.2. The van der Waals surface area contributed by atoms with Gasteiger partial charge in [-0.25, -0.2) is 0 Å². The maximum atomic E-state index is 3.67. The Balaban J connectivity index is 1.84. The second kappa shape index (κ2) is 6.20. The molecule has 0 bridgehead atoms. The van der Waals surface area contributed by atoms with Crippen molar-refractivity contribution in [1.82, 2.24) is 5.32 Å². The first-order valence-corrected chi connectivity index (χ1v) is 7.03. The van der Waals surface area contributed by atoms with Gasteiger partial charge >= 0.3 is 0 Å². The quantitative estimate of drug-likeness (QED) is 0.785. The minimum Gasteiger partial charge on any atom is -0.316 e. The topological polar surface area (TPSA) is 12.0 Å². The molecular weight excluding hydrogens is 206 g/mol. The van der Waals surface area contributed by atoms with Crippen molar-refractivity contribution in [3.63, 3.8) is 0 Å². The van der Waals surface area contributed by atoms with Gasteiger partial charge in [-0.1, -0.05) is 50.6 Å². The zero-order valence-electron chi connectivity index (χ0n) is 11.2. The van der Waals surface area contributed by atoms with Crippen molar-refractivity contribution < 1.29 is 0 Å². The Morgan fingerprint density at radius 1 is 1.18 bits per heavy atom. The Bertz CT molecular complexity index is 314. The molecule has 0 saturated heterocycles. The lowest BCUT2D eigenvalue weighted by Gasteiger charge is -2.28. The highest BCUT2D eigenvalue weighted by Gasteiger charge is 2.19. The minimum atomic E-state index is 0.649. The summed E-state index contributed by atoms with van der Waals surface area (Å²) in [5.74, 6) is 2.31. The summed E-state index contributed by atoms with van der Waals surface area (Å²) in [5, 5.41) is 3.67. The van der Waals surface area contributed by atoms with Gasteiger partial charge in [0.2, 0.25) is 0 Å². The summed E-state index contributed by atoms with van der Waals surface area (Å²) < 4.78 is 0. The fourth-order valence-corrected chi connectivity index (χ4v) is 2.58. The summed E-state index contributed by atoms with van der Waals surface area (Å²) in [6.07, 6.45) is 4.31. The molecule has 0 aromatic heterocycles. The van der Waals surface area contributed by atoms with Crippen LogP contribution < -0.4 is 5.32 Å². The molecule has 1 aromatic carbocycles. The molecule has 1 atom stereocenters. The van der Waals surface area contributed by atoms with E-state index in [9.17, 15) is 0 Å². The molecule has 1 aliphatic carbocycles. The second-order valence-electron chi connectivity index (χ2n) is 5.72. The normalized spacial score (nSPS) is 18.1. The third-order valence-electron chi connectivity index (χ3n) is 4.05. The van der Waals surface area contributed by atoms with E-state index in [1.807, 2.05) is 0 Å². The van der Waals surface area contributed by atoms with Gasteiger partial charge in [0.25, 0.3) is 0 Å². The molecular formula is C16H25N. The molecule has 1 aliphatic rings. The Kier molecular flexibility index (Phi) is 4.61. The Morgan fingerprint density at radius 3 is 2.41 bits per heavy atom. The monoisotopic (exact) mass is 231 g/mol. The van der Waals surface area contributed by atoms with Crippen molar-refractivity contribution in [2.75, 3.05) is 13.1 Å².